The van der Waals surface area contributed by atoms with Gasteiger partial charge in [0.25, 0.3) is 5.91 Å². The maximum Gasteiger partial charge on any atom is 0.251 e. The van der Waals surface area contributed by atoms with Gasteiger partial charge >= 0.3 is 0 Å². The van der Waals surface area contributed by atoms with E-state index in [1.54, 1.807) is 47.9 Å². The molecule has 0 fully saturated rings. The normalized spacial score (nSPS) is 10.5. The molecule has 1 heterocycles. The van der Waals surface area contributed by atoms with Gasteiger partial charge in [-0.3, -0.25) is 9.59 Å². The van der Waals surface area contributed by atoms with Crippen molar-refractivity contribution in [2.75, 3.05) is 11.1 Å². The lowest BCUT2D eigenvalue weighted by Crippen LogP contribution is -2.24. The van der Waals surface area contributed by atoms with E-state index in [1.165, 1.54) is 23.9 Å². The first kappa shape index (κ1) is 22.2. The van der Waals surface area contributed by atoms with Crippen molar-refractivity contribution >= 4 is 29.3 Å². The minimum atomic E-state index is -0.415. The number of amides is 2. The molecule has 0 spiro atoms. The first-order valence-corrected chi connectivity index (χ1v) is 10.5. The third-order valence-electron chi connectivity index (χ3n) is 4.35. The van der Waals surface area contributed by atoms with Crippen molar-refractivity contribution in [2.24, 2.45) is 0 Å². The van der Waals surface area contributed by atoms with Gasteiger partial charge in [-0.2, -0.15) is 0 Å². The predicted octanol–water partition coefficient (Wildman–Crippen LogP) is 3.57. The molecule has 31 heavy (non-hydrogen) atoms. The van der Waals surface area contributed by atoms with E-state index < -0.39 is 5.82 Å². The molecule has 2 amide bonds. The summed E-state index contributed by atoms with van der Waals surface area (Å²) in [4.78, 5) is 24.6. The van der Waals surface area contributed by atoms with Gasteiger partial charge in [-0.05, 0) is 36.8 Å². The fourth-order valence-electron chi connectivity index (χ4n) is 2.77. The number of carbonyl (C=O) groups excluding carboxylic acids is 2. The van der Waals surface area contributed by atoms with Crippen molar-refractivity contribution in [1.82, 2.24) is 20.1 Å². The van der Waals surface area contributed by atoms with Crippen LogP contribution in [-0.2, 0) is 17.9 Å². The molecule has 0 unspecified atom stereocenters. The van der Waals surface area contributed by atoms with Crippen LogP contribution in [0.5, 0.6) is 0 Å². The fourth-order valence-corrected chi connectivity index (χ4v) is 3.53. The van der Waals surface area contributed by atoms with E-state index in [1.807, 2.05) is 6.07 Å². The summed E-state index contributed by atoms with van der Waals surface area (Å²) in [7, 11) is 0. The molecule has 2 N–H and O–H groups in total. The zero-order chi connectivity index (χ0) is 22.2. The van der Waals surface area contributed by atoms with E-state index in [4.69, 9.17) is 0 Å². The molecule has 0 saturated carbocycles. The number of halogens is 1. The second kappa shape index (κ2) is 10.5. The number of anilines is 1. The van der Waals surface area contributed by atoms with Crippen molar-refractivity contribution in [3.8, 4) is 0 Å². The largest absolute Gasteiger partial charge is 0.345 e. The quantitative estimate of drug-likeness (QED) is 0.393. The van der Waals surface area contributed by atoms with Gasteiger partial charge in [-0.1, -0.05) is 42.1 Å². The lowest BCUT2D eigenvalue weighted by molar-refractivity contribution is -0.113. The van der Waals surface area contributed by atoms with Crippen molar-refractivity contribution in [1.29, 1.82) is 0 Å². The molecule has 160 valence electrons. The number of rotatable bonds is 9. The molecular formula is C22H22FN5O2S. The highest BCUT2D eigenvalue weighted by Gasteiger charge is 2.15. The summed E-state index contributed by atoms with van der Waals surface area (Å²) in [6.07, 6.45) is 1.69. The third kappa shape index (κ3) is 6.02. The van der Waals surface area contributed by atoms with E-state index in [0.29, 0.717) is 28.8 Å². The van der Waals surface area contributed by atoms with Crippen LogP contribution in [0, 0.1) is 12.7 Å². The lowest BCUT2D eigenvalue weighted by Gasteiger charge is -2.10. The Hall–Kier alpha value is -3.46. The zero-order valence-electron chi connectivity index (χ0n) is 17.0. The van der Waals surface area contributed by atoms with Crippen LogP contribution in [0.3, 0.4) is 0 Å². The summed E-state index contributed by atoms with van der Waals surface area (Å²) in [5, 5.41) is 14.3. The van der Waals surface area contributed by atoms with E-state index >= 15 is 0 Å². The van der Waals surface area contributed by atoms with Crippen LogP contribution in [0.2, 0.25) is 0 Å². The molecule has 0 saturated heterocycles. The van der Waals surface area contributed by atoms with Crippen LogP contribution in [0.15, 0.2) is 66.3 Å². The SMILES string of the molecule is C=CCn1c(CNC(=O)c2ccccc2)nnc1SCC(=O)Nc1cc(F)ccc1C. The summed E-state index contributed by atoms with van der Waals surface area (Å²) < 4.78 is 15.2. The van der Waals surface area contributed by atoms with Gasteiger partial charge in [0.1, 0.15) is 5.82 Å². The number of nitrogens with zero attached hydrogens (tertiary/aromatic N) is 3. The van der Waals surface area contributed by atoms with Gasteiger partial charge in [0, 0.05) is 17.8 Å². The lowest BCUT2D eigenvalue weighted by atomic mass is 10.2. The number of allylic oxidation sites excluding steroid dienone is 1. The van der Waals surface area contributed by atoms with Gasteiger partial charge in [-0.25, -0.2) is 4.39 Å². The molecule has 9 heteroatoms. The second-order valence-corrected chi connectivity index (χ2v) is 7.59. The average Bonchev–Trinajstić information content (AvgIpc) is 3.15. The Balaban J connectivity index is 1.61. The maximum atomic E-state index is 13.4. The van der Waals surface area contributed by atoms with Gasteiger partial charge in [0.2, 0.25) is 5.91 Å². The Morgan fingerprint density at radius 2 is 1.97 bits per heavy atom. The second-order valence-electron chi connectivity index (χ2n) is 6.64. The highest BCUT2D eigenvalue weighted by atomic mass is 32.2. The van der Waals surface area contributed by atoms with E-state index in [0.717, 1.165) is 5.56 Å². The van der Waals surface area contributed by atoms with Gasteiger partial charge in [-0.15, -0.1) is 16.8 Å². The van der Waals surface area contributed by atoms with Crippen LogP contribution in [0.25, 0.3) is 0 Å². The summed E-state index contributed by atoms with van der Waals surface area (Å²) in [6.45, 7) is 6.14. The van der Waals surface area contributed by atoms with Crippen molar-refractivity contribution in [2.45, 2.75) is 25.2 Å². The molecule has 0 bridgehead atoms. The molecule has 0 atom stereocenters. The van der Waals surface area contributed by atoms with Crippen LogP contribution in [0.1, 0.15) is 21.7 Å². The van der Waals surface area contributed by atoms with Crippen LogP contribution in [-0.4, -0.2) is 32.3 Å². The Kier molecular flexibility index (Phi) is 7.55. The highest BCUT2D eigenvalue weighted by Crippen LogP contribution is 2.20. The molecule has 3 rings (SSSR count). The Morgan fingerprint density at radius 3 is 2.71 bits per heavy atom. The minimum absolute atomic E-state index is 0.0710. The number of hydrogen-bond donors (Lipinski definition) is 2. The predicted molar refractivity (Wildman–Crippen MR) is 118 cm³/mol. The van der Waals surface area contributed by atoms with Crippen LogP contribution in [0.4, 0.5) is 10.1 Å². The Bertz CT molecular complexity index is 1080. The molecule has 0 aliphatic rings. The minimum Gasteiger partial charge on any atom is -0.345 e. The first-order chi connectivity index (χ1) is 15.0. The van der Waals surface area contributed by atoms with Gasteiger partial charge in [0.15, 0.2) is 11.0 Å². The molecule has 0 aliphatic heterocycles. The molecule has 1 aromatic heterocycles. The molecule has 3 aromatic rings. The van der Waals surface area contributed by atoms with E-state index in [2.05, 4.69) is 27.4 Å². The summed E-state index contributed by atoms with van der Waals surface area (Å²) in [6, 6.07) is 13.1. The third-order valence-corrected chi connectivity index (χ3v) is 5.32. The summed E-state index contributed by atoms with van der Waals surface area (Å²) in [5.41, 5.74) is 1.75. The number of hydrogen-bond acceptors (Lipinski definition) is 5. The standard InChI is InChI=1S/C22H22FN5O2S/c1-3-11-28-19(13-24-21(30)16-7-5-4-6-8-16)26-27-22(28)31-14-20(29)25-18-12-17(23)10-9-15(18)2/h3-10,12H,1,11,13-14H2,2H3,(H,24,30)(H,25,29). The number of nitrogens with one attached hydrogen (secondary N) is 2. The molecule has 0 aliphatic carbocycles. The smallest absolute Gasteiger partial charge is 0.251 e. The number of aryl methyl sites for hydroxylation is 1. The molecule has 0 radical (unpaired) electrons. The van der Waals surface area contributed by atoms with Crippen molar-refractivity contribution in [3.63, 3.8) is 0 Å². The number of aromatic nitrogens is 3. The maximum absolute atomic E-state index is 13.4. The van der Waals surface area contributed by atoms with E-state index in [9.17, 15) is 14.0 Å². The fraction of sp³-hybridized carbons (Fsp3) is 0.182. The molecular weight excluding hydrogens is 417 g/mol. The summed E-state index contributed by atoms with van der Waals surface area (Å²) >= 11 is 1.20. The van der Waals surface area contributed by atoms with Crippen molar-refractivity contribution < 1.29 is 14.0 Å². The van der Waals surface area contributed by atoms with Crippen LogP contribution >= 0.6 is 11.8 Å². The van der Waals surface area contributed by atoms with Gasteiger partial charge in [0.05, 0.1) is 12.3 Å². The van der Waals surface area contributed by atoms with Crippen LogP contribution < -0.4 is 10.6 Å². The average molecular weight is 440 g/mol. The van der Waals surface area contributed by atoms with Crippen molar-refractivity contribution in [3.05, 3.63) is 84.0 Å². The van der Waals surface area contributed by atoms with Gasteiger partial charge < -0.3 is 15.2 Å². The monoisotopic (exact) mass is 439 g/mol. The Morgan fingerprint density at radius 1 is 1.19 bits per heavy atom. The number of carbonyl (C=O) groups is 2. The number of benzene rings is 2. The number of thioether (sulfide) groups is 1. The molecule has 7 nitrogen and oxygen atoms in total. The Labute approximate surface area is 183 Å². The topological polar surface area (TPSA) is 88.9 Å². The highest BCUT2D eigenvalue weighted by molar-refractivity contribution is 7.99. The zero-order valence-corrected chi connectivity index (χ0v) is 17.8. The van der Waals surface area contributed by atoms with E-state index in [-0.39, 0.29) is 24.1 Å². The molecule has 2 aromatic carbocycles. The summed E-state index contributed by atoms with van der Waals surface area (Å²) in [5.74, 6) is -0.296. The first-order valence-electron chi connectivity index (χ1n) is 9.53.